The number of rotatable bonds is 8. The SMILES string of the molecule is CCCCCCCCC(=O)Nc1ccncc1Br. The molecule has 0 aliphatic heterocycles. The Morgan fingerprint density at radius 2 is 2.00 bits per heavy atom. The molecular formula is C14H21BrN2O. The maximum atomic E-state index is 11.7. The van der Waals surface area contributed by atoms with Gasteiger partial charge in [0.05, 0.1) is 10.2 Å². The van der Waals surface area contributed by atoms with Crippen LogP contribution in [0.3, 0.4) is 0 Å². The molecule has 0 saturated carbocycles. The zero-order valence-corrected chi connectivity index (χ0v) is 12.5. The highest BCUT2D eigenvalue weighted by molar-refractivity contribution is 9.10. The number of hydrogen-bond donors (Lipinski definition) is 1. The minimum absolute atomic E-state index is 0.0809. The van der Waals surface area contributed by atoms with Crippen molar-refractivity contribution in [3.8, 4) is 0 Å². The van der Waals surface area contributed by atoms with Crippen molar-refractivity contribution in [2.75, 3.05) is 5.32 Å². The molecular weight excluding hydrogens is 292 g/mol. The van der Waals surface area contributed by atoms with Crippen LogP contribution in [0, 0.1) is 0 Å². The summed E-state index contributed by atoms with van der Waals surface area (Å²) in [6.45, 7) is 2.21. The van der Waals surface area contributed by atoms with Crippen LogP contribution in [0.4, 0.5) is 5.69 Å². The average Bonchev–Trinajstić information content (AvgIpc) is 2.36. The number of carbonyl (C=O) groups is 1. The molecule has 0 bridgehead atoms. The first kappa shape index (κ1) is 15.2. The Labute approximate surface area is 118 Å². The highest BCUT2D eigenvalue weighted by Crippen LogP contribution is 2.20. The van der Waals surface area contributed by atoms with E-state index < -0.39 is 0 Å². The second kappa shape index (κ2) is 9.09. The summed E-state index contributed by atoms with van der Waals surface area (Å²) in [7, 11) is 0. The molecule has 0 spiro atoms. The smallest absolute Gasteiger partial charge is 0.224 e. The van der Waals surface area contributed by atoms with Crippen molar-refractivity contribution in [2.24, 2.45) is 0 Å². The van der Waals surface area contributed by atoms with Gasteiger partial charge in [0.15, 0.2) is 0 Å². The van der Waals surface area contributed by atoms with E-state index in [9.17, 15) is 4.79 Å². The van der Waals surface area contributed by atoms with Crippen LogP contribution in [0.1, 0.15) is 51.9 Å². The summed E-state index contributed by atoms with van der Waals surface area (Å²) in [5, 5.41) is 2.89. The molecule has 0 radical (unpaired) electrons. The highest BCUT2D eigenvalue weighted by atomic mass is 79.9. The zero-order valence-electron chi connectivity index (χ0n) is 10.9. The molecule has 0 atom stereocenters. The second-order valence-corrected chi connectivity index (χ2v) is 5.28. The van der Waals surface area contributed by atoms with E-state index in [-0.39, 0.29) is 5.91 Å². The fraction of sp³-hybridized carbons (Fsp3) is 0.571. The van der Waals surface area contributed by atoms with Gasteiger partial charge in [-0.05, 0) is 28.4 Å². The van der Waals surface area contributed by atoms with Crippen LogP contribution >= 0.6 is 15.9 Å². The van der Waals surface area contributed by atoms with Crippen molar-refractivity contribution < 1.29 is 4.79 Å². The standard InChI is InChI=1S/C14H21BrN2O/c1-2-3-4-5-6-7-8-14(18)17-13-9-10-16-11-12(13)15/h9-11H,2-8H2,1H3,(H,16,17,18). The van der Waals surface area contributed by atoms with Crippen LogP contribution in [0.5, 0.6) is 0 Å². The van der Waals surface area contributed by atoms with Crippen molar-refractivity contribution in [2.45, 2.75) is 51.9 Å². The van der Waals surface area contributed by atoms with Crippen molar-refractivity contribution >= 4 is 27.5 Å². The summed E-state index contributed by atoms with van der Waals surface area (Å²) in [4.78, 5) is 15.7. The molecule has 1 rings (SSSR count). The fourth-order valence-corrected chi connectivity index (χ4v) is 2.10. The number of aromatic nitrogens is 1. The van der Waals surface area contributed by atoms with Gasteiger partial charge < -0.3 is 5.32 Å². The van der Waals surface area contributed by atoms with Crippen molar-refractivity contribution in [3.63, 3.8) is 0 Å². The molecule has 4 heteroatoms. The van der Waals surface area contributed by atoms with Gasteiger partial charge in [-0.2, -0.15) is 0 Å². The quantitative estimate of drug-likeness (QED) is 0.716. The molecule has 0 aliphatic carbocycles. The molecule has 1 aromatic heterocycles. The Kier molecular flexibility index (Phi) is 7.65. The van der Waals surface area contributed by atoms with Gasteiger partial charge >= 0.3 is 0 Å². The molecule has 1 aromatic rings. The number of amides is 1. The highest BCUT2D eigenvalue weighted by Gasteiger charge is 2.04. The average molecular weight is 313 g/mol. The molecule has 0 saturated heterocycles. The molecule has 18 heavy (non-hydrogen) atoms. The van der Waals surface area contributed by atoms with Gasteiger partial charge in [0.1, 0.15) is 0 Å². The van der Waals surface area contributed by atoms with Gasteiger partial charge in [-0.15, -0.1) is 0 Å². The van der Waals surface area contributed by atoms with Crippen molar-refractivity contribution in [3.05, 3.63) is 22.9 Å². The minimum Gasteiger partial charge on any atom is -0.325 e. The van der Waals surface area contributed by atoms with E-state index in [4.69, 9.17) is 0 Å². The first-order valence-electron chi connectivity index (χ1n) is 6.63. The Hall–Kier alpha value is -0.900. The Morgan fingerprint density at radius 1 is 1.28 bits per heavy atom. The van der Waals surface area contributed by atoms with E-state index >= 15 is 0 Å². The number of pyridine rings is 1. The maximum absolute atomic E-state index is 11.7. The molecule has 3 nitrogen and oxygen atoms in total. The third-order valence-electron chi connectivity index (χ3n) is 2.80. The van der Waals surface area contributed by atoms with Crippen LogP contribution in [0.25, 0.3) is 0 Å². The zero-order chi connectivity index (χ0) is 13.2. The number of hydrogen-bond acceptors (Lipinski definition) is 2. The number of nitrogens with one attached hydrogen (secondary N) is 1. The maximum Gasteiger partial charge on any atom is 0.224 e. The summed E-state index contributed by atoms with van der Waals surface area (Å²) >= 11 is 3.36. The largest absolute Gasteiger partial charge is 0.325 e. The minimum atomic E-state index is 0.0809. The van der Waals surface area contributed by atoms with E-state index in [1.54, 1.807) is 18.5 Å². The lowest BCUT2D eigenvalue weighted by Gasteiger charge is -2.06. The summed E-state index contributed by atoms with van der Waals surface area (Å²) in [5.74, 6) is 0.0809. The molecule has 0 unspecified atom stereocenters. The summed E-state index contributed by atoms with van der Waals surface area (Å²) in [6.07, 6.45) is 11.1. The summed E-state index contributed by atoms with van der Waals surface area (Å²) < 4.78 is 0.821. The normalized spacial score (nSPS) is 10.3. The first-order valence-corrected chi connectivity index (χ1v) is 7.42. The number of nitrogens with zero attached hydrogens (tertiary/aromatic N) is 1. The van der Waals surface area contributed by atoms with Gasteiger partial charge in [-0.1, -0.05) is 39.0 Å². The molecule has 1 amide bonds. The molecule has 0 aromatic carbocycles. The van der Waals surface area contributed by atoms with Crippen LogP contribution in [0.2, 0.25) is 0 Å². The number of halogens is 1. The summed E-state index contributed by atoms with van der Waals surface area (Å²) in [6, 6.07) is 1.79. The third-order valence-corrected chi connectivity index (χ3v) is 3.44. The van der Waals surface area contributed by atoms with E-state index in [2.05, 4.69) is 33.2 Å². The van der Waals surface area contributed by atoms with Crippen molar-refractivity contribution in [1.29, 1.82) is 0 Å². The van der Waals surface area contributed by atoms with Gasteiger partial charge in [-0.25, -0.2) is 0 Å². The van der Waals surface area contributed by atoms with Gasteiger partial charge in [-0.3, -0.25) is 9.78 Å². The van der Waals surface area contributed by atoms with Gasteiger partial charge in [0.25, 0.3) is 0 Å². The van der Waals surface area contributed by atoms with E-state index in [0.717, 1.165) is 23.0 Å². The van der Waals surface area contributed by atoms with Crippen LogP contribution in [-0.2, 0) is 4.79 Å². The Balaban J connectivity index is 2.16. The van der Waals surface area contributed by atoms with Crippen LogP contribution in [0.15, 0.2) is 22.9 Å². The van der Waals surface area contributed by atoms with Crippen LogP contribution in [-0.4, -0.2) is 10.9 Å². The predicted molar refractivity (Wildman–Crippen MR) is 78.6 cm³/mol. The summed E-state index contributed by atoms with van der Waals surface area (Å²) in [5.41, 5.74) is 0.793. The Morgan fingerprint density at radius 3 is 2.72 bits per heavy atom. The molecule has 100 valence electrons. The molecule has 0 fully saturated rings. The monoisotopic (exact) mass is 312 g/mol. The van der Waals surface area contributed by atoms with E-state index in [1.807, 2.05) is 0 Å². The second-order valence-electron chi connectivity index (χ2n) is 4.42. The van der Waals surface area contributed by atoms with Gasteiger partial charge in [0, 0.05) is 18.8 Å². The lowest BCUT2D eigenvalue weighted by Crippen LogP contribution is -2.11. The van der Waals surface area contributed by atoms with E-state index in [1.165, 1.54) is 25.7 Å². The lowest BCUT2D eigenvalue weighted by atomic mass is 10.1. The van der Waals surface area contributed by atoms with Crippen LogP contribution < -0.4 is 5.32 Å². The lowest BCUT2D eigenvalue weighted by molar-refractivity contribution is -0.116. The number of carbonyl (C=O) groups excluding carboxylic acids is 1. The first-order chi connectivity index (χ1) is 8.74. The van der Waals surface area contributed by atoms with Gasteiger partial charge in [0.2, 0.25) is 5.91 Å². The molecule has 1 N–H and O–H groups in total. The van der Waals surface area contributed by atoms with E-state index in [0.29, 0.717) is 6.42 Å². The predicted octanol–water partition coefficient (Wildman–Crippen LogP) is 4.53. The molecule has 0 aliphatic rings. The molecule has 1 heterocycles. The topological polar surface area (TPSA) is 42.0 Å². The fourth-order valence-electron chi connectivity index (χ4n) is 1.76. The number of unbranched alkanes of at least 4 members (excludes halogenated alkanes) is 5. The third kappa shape index (κ3) is 6.15. The van der Waals surface area contributed by atoms with Crippen molar-refractivity contribution in [1.82, 2.24) is 4.98 Å². The number of anilines is 1. The Bertz CT molecular complexity index is 369.